The maximum Gasteiger partial charge on any atom is 0.338 e. The second-order valence-electron chi connectivity index (χ2n) is 8.72. The van der Waals surface area contributed by atoms with E-state index in [1.807, 2.05) is 18.2 Å². The highest BCUT2D eigenvalue weighted by Crippen LogP contribution is 2.32. The SMILES string of the molecule is CC(C)c1cccc(C(C)C)c1NC(=O)COC(=O)c1ccc(OCC2CCCO2)cc1. The molecule has 1 aliphatic rings. The summed E-state index contributed by atoms with van der Waals surface area (Å²) in [5, 5.41) is 2.95. The molecule has 0 bridgehead atoms. The van der Waals surface area contributed by atoms with Crippen molar-refractivity contribution in [3.8, 4) is 5.75 Å². The number of nitrogens with one attached hydrogen (secondary N) is 1. The Morgan fingerprint density at radius 3 is 2.25 bits per heavy atom. The zero-order valence-electron chi connectivity index (χ0n) is 19.4. The van der Waals surface area contributed by atoms with Crippen LogP contribution in [0.2, 0.25) is 0 Å². The van der Waals surface area contributed by atoms with Crippen molar-refractivity contribution in [2.24, 2.45) is 0 Å². The first-order valence-electron chi connectivity index (χ1n) is 11.3. The van der Waals surface area contributed by atoms with Crippen LogP contribution in [-0.2, 0) is 14.3 Å². The van der Waals surface area contributed by atoms with Crippen LogP contribution in [0.4, 0.5) is 5.69 Å². The summed E-state index contributed by atoms with van der Waals surface area (Å²) in [5.41, 5.74) is 3.31. The number of carbonyl (C=O) groups excluding carboxylic acids is 2. The van der Waals surface area contributed by atoms with Crippen LogP contribution in [0.25, 0.3) is 0 Å². The standard InChI is InChI=1S/C26H33NO5/c1-17(2)22-8-5-9-23(18(3)4)25(22)27-24(28)16-32-26(29)19-10-12-20(13-11-19)31-15-21-7-6-14-30-21/h5,8-13,17-18,21H,6-7,14-16H2,1-4H3,(H,27,28). The van der Waals surface area contributed by atoms with Crippen LogP contribution in [0.5, 0.6) is 5.75 Å². The van der Waals surface area contributed by atoms with Crippen LogP contribution in [0.1, 0.15) is 73.9 Å². The monoisotopic (exact) mass is 439 g/mol. The molecule has 0 radical (unpaired) electrons. The number of benzene rings is 2. The van der Waals surface area contributed by atoms with Gasteiger partial charge in [-0.1, -0.05) is 45.9 Å². The minimum Gasteiger partial charge on any atom is -0.491 e. The van der Waals surface area contributed by atoms with Gasteiger partial charge in [0.1, 0.15) is 12.4 Å². The fourth-order valence-electron chi connectivity index (χ4n) is 3.74. The number of hydrogen-bond donors (Lipinski definition) is 1. The Morgan fingerprint density at radius 2 is 1.69 bits per heavy atom. The zero-order chi connectivity index (χ0) is 23.1. The van der Waals surface area contributed by atoms with Crippen molar-refractivity contribution in [1.29, 1.82) is 0 Å². The average molecular weight is 440 g/mol. The molecular formula is C26H33NO5. The van der Waals surface area contributed by atoms with E-state index in [0.29, 0.717) is 17.9 Å². The molecule has 1 unspecified atom stereocenters. The normalized spacial score (nSPS) is 15.8. The summed E-state index contributed by atoms with van der Waals surface area (Å²) in [7, 11) is 0. The van der Waals surface area contributed by atoms with Gasteiger partial charge in [-0.3, -0.25) is 4.79 Å². The Morgan fingerprint density at radius 1 is 1.03 bits per heavy atom. The highest BCUT2D eigenvalue weighted by atomic mass is 16.5. The van der Waals surface area contributed by atoms with Gasteiger partial charge in [0.15, 0.2) is 6.61 Å². The van der Waals surface area contributed by atoms with Gasteiger partial charge in [-0.25, -0.2) is 4.79 Å². The van der Waals surface area contributed by atoms with Crippen molar-refractivity contribution in [3.05, 3.63) is 59.2 Å². The van der Waals surface area contributed by atoms with Gasteiger partial charge in [-0.15, -0.1) is 0 Å². The van der Waals surface area contributed by atoms with Gasteiger partial charge >= 0.3 is 5.97 Å². The van der Waals surface area contributed by atoms with E-state index in [0.717, 1.165) is 36.3 Å². The maximum absolute atomic E-state index is 12.5. The van der Waals surface area contributed by atoms with Crippen LogP contribution in [0, 0.1) is 0 Å². The van der Waals surface area contributed by atoms with Crippen LogP contribution in [-0.4, -0.2) is 37.8 Å². The van der Waals surface area contributed by atoms with E-state index in [-0.39, 0.29) is 30.5 Å². The largest absolute Gasteiger partial charge is 0.491 e. The number of rotatable bonds is 9. The molecule has 172 valence electrons. The van der Waals surface area contributed by atoms with E-state index in [1.165, 1.54) is 0 Å². The van der Waals surface area contributed by atoms with Crippen molar-refractivity contribution < 1.29 is 23.8 Å². The average Bonchev–Trinajstić information content (AvgIpc) is 3.30. The van der Waals surface area contributed by atoms with Crippen molar-refractivity contribution in [1.82, 2.24) is 0 Å². The van der Waals surface area contributed by atoms with Gasteiger partial charge in [-0.2, -0.15) is 0 Å². The molecule has 3 rings (SSSR count). The Labute approximate surface area is 190 Å². The smallest absolute Gasteiger partial charge is 0.338 e. The number of carbonyl (C=O) groups is 2. The van der Waals surface area contributed by atoms with E-state index in [1.54, 1.807) is 24.3 Å². The number of amides is 1. The summed E-state index contributed by atoms with van der Waals surface area (Å²) in [6, 6.07) is 12.8. The molecule has 1 fully saturated rings. The minimum absolute atomic E-state index is 0.134. The Kier molecular flexibility index (Phi) is 8.28. The highest BCUT2D eigenvalue weighted by Gasteiger charge is 2.18. The molecule has 1 aliphatic heterocycles. The molecule has 0 aliphatic carbocycles. The molecule has 1 amide bonds. The molecule has 1 N–H and O–H groups in total. The Balaban J connectivity index is 1.54. The highest BCUT2D eigenvalue weighted by molar-refractivity contribution is 5.96. The van der Waals surface area contributed by atoms with E-state index in [4.69, 9.17) is 14.2 Å². The summed E-state index contributed by atoms with van der Waals surface area (Å²) in [4.78, 5) is 24.9. The van der Waals surface area contributed by atoms with Gasteiger partial charge in [0.25, 0.3) is 5.91 Å². The van der Waals surface area contributed by atoms with E-state index >= 15 is 0 Å². The minimum atomic E-state index is -0.549. The fourth-order valence-corrected chi connectivity index (χ4v) is 3.74. The van der Waals surface area contributed by atoms with Gasteiger partial charge in [0.05, 0.1) is 11.7 Å². The lowest BCUT2D eigenvalue weighted by atomic mass is 9.92. The van der Waals surface area contributed by atoms with Gasteiger partial charge in [0.2, 0.25) is 0 Å². The molecule has 0 aromatic heterocycles. The van der Waals surface area contributed by atoms with Crippen molar-refractivity contribution in [3.63, 3.8) is 0 Å². The lowest BCUT2D eigenvalue weighted by Gasteiger charge is -2.20. The molecule has 6 nitrogen and oxygen atoms in total. The molecule has 6 heteroatoms. The first-order chi connectivity index (χ1) is 15.3. The van der Waals surface area contributed by atoms with Gasteiger partial charge in [0, 0.05) is 12.3 Å². The van der Waals surface area contributed by atoms with Gasteiger partial charge < -0.3 is 19.5 Å². The molecule has 2 aromatic rings. The third-order valence-electron chi connectivity index (χ3n) is 5.52. The summed E-state index contributed by atoms with van der Waals surface area (Å²) in [5.74, 6) is 0.276. The lowest BCUT2D eigenvalue weighted by Crippen LogP contribution is -2.22. The van der Waals surface area contributed by atoms with Crippen molar-refractivity contribution in [2.75, 3.05) is 25.1 Å². The Bertz CT molecular complexity index is 888. The summed E-state index contributed by atoms with van der Waals surface area (Å²) in [6.45, 7) is 9.29. The summed E-state index contributed by atoms with van der Waals surface area (Å²) < 4.78 is 16.5. The first-order valence-corrected chi connectivity index (χ1v) is 11.3. The summed E-state index contributed by atoms with van der Waals surface area (Å²) >= 11 is 0. The van der Waals surface area contributed by atoms with Crippen molar-refractivity contribution in [2.45, 2.75) is 58.5 Å². The molecule has 1 atom stereocenters. The number of ether oxygens (including phenoxy) is 3. The van der Waals surface area contributed by atoms with Crippen LogP contribution >= 0.6 is 0 Å². The predicted molar refractivity (Wildman–Crippen MR) is 124 cm³/mol. The topological polar surface area (TPSA) is 73.9 Å². The fraction of sp³-hybridized carbons (Fsp3) is 0.462. The van der Waals surface area contributed by atoms with Crippen LogP contribution in [0.3, 0.4) is 0 Å². The second-order valence-corrected chi connectivity index (χ2v) is 8.72. The molecule has 0 spiro atoms. The predicted octanol–water partition coefficient (Wildman–Crippen LogP) is 5.29. The molecule has 1 heterocycles. The number of para-hydroxylation sites is 1. The van der Waals surface area contributed by atoms with Crippen LogP contribution < -0.4 is 10.1 Å². The Hall–Kier alpha value is -2.86. The molecular weight excluding hydrogens is 406 g/mol. The van der Waals surface area contributed by atoms with E-state index in [2.05, 4.69) is 33.0 Å². The van der Waals surface area contributed by atoms with Gasteiger partial charge in [-0.05, 0) is 60.1 Å². The third-order valence-corrected chi connectivity index (χ3v) is 5.52. The quantitative estimate of drug-likeness (QED) is 0.538. The molecule has 0 saturated carbocycles. The lowest BCUT2D eigenvalue weighted by molar-refractivity contribution is -0.119. The molecule has 1 saturated heterocycles. The van der Waals surface area contributed by atoms with E-state index < -0.39 is 5.97 Å². The van der Waals surface area contributed by atoms with Crippen molar-refractivity contribution >= 4 is 17.6 Å². The second kappa shape index (κ2) is 11.1. The zero-order valence-corrected chi connectivity index (χ0v) is 19.4. The maximum atomic E-state index is 12.5. The first kappa shape index (κ1) is 23.8. The molecule has 2 aromatic carbocycles. The molecule has 32 heavy (non-hydrogen) atoms. The number of hydrogen-bond acceptors (Lipinski definition) is 5. The number of anilines is 1. The number of esters is 1. The third kappa shape index (κ3) is 6.33. The van der Waals surface area contributed by atoms with E-state index in [9.17, 15) is 9.59 Å². The summed E-state index contributed by atoms with van der Waals surface area (Å²) in [6.07, 6.45) is 2.20. The van der Waals surface area contributed by atoms with Crippen LogP contribution in [0.15, 0.2) is 42.5 Å².